The van der Waals surface area contributed by atoms with Gasteiger partial charge in [0.25, 0.3) is 0 Å². The summed E-state index contributed by atoms with van der Waals surface area (Å²) in [5, 5.41) is 0. The summed E-state index contributed by atoms with van der Waals surface area (Å²) >= 11 is 0. The number of alkyl halides is 1. The molecular formula is C13H16FNO. The van der Waals surface area contributed by atoms with E-state index in [1.807, 2.05) is 18.2 Å². The van der Waals surface area contributed by atoms with Gasteiger partial charge in [-0.05, 0) is 24.0 Å². The van der Waals surface area contributed by atoms with Crippen LogP contribution in [0.5, 0.6) is 0 Å². The molecule has 0 bridgehead atoms. The number of hydrogen-bond donors (Lipinski definition) is 0. The topological polar surface area (TPSA) is 20.3 Å². The van der Waals surface area contributed by atoms with Crippen LogP contribution in [0.2, 0.25) is 0 Å². The largest absolute Gasteiger partial charge is 0.345 e. The van der Waals surface area contributed by atoms with Gasteiger partial charge in [0, 0.05) is 13.6 Å². The fraction of sp³-hybridized carbons (Fsp3) is 0.462. The Kier molecular flexibility index (Phi) is 3.22. The number of halogens is 1. The molecule has 3 heteroatoms. The lowest BCUT2D eigenvalue weighted by Gasteiger charge is -2.32. The van der Waals surface area contributed by atoms with Gasteiger partial charge in [-0.2, -0.15) is 0 Å². The molecule has 0 aromatic heterocycles. The summed E-state index contributed by atoms with van der Waals surface area (Å²) in [4.78, 5) is 13.6. The first-order chi connectivity index (χ1) is 7.74. The van der Waals surface area contributed by atoms with Crippen molar-refractivity contribution in [3.8, 4) is 0 Å². The van der Waals surface area contributed by atoms with Crippen molar-refractivity contribution >= 4 is 5.91 Å². The van der Waals surface area contributed by atoms with E-state index >= 15 is 0 Å². The molecule has 1 aromatic carbocycles. The molecule has 1 aromatic rings. The second-order valence-corrected chi connectivity index (χ2v) is 4.26. The van der Waals surface area contributed by atoms with Crippen LogP contribution in [0.1, 0.15) is 23.5 Å². The van der Waals surface area contributed by atoms with E-state index in [-0.39, 0.29) is 18.5 Å². The van der Waals surface area contributed by atoms with E-state index < -0.39 is 0 Å². The minimum atomic E-state index is -0.362. The number of nitrogens with zero attached hydrogens (tertiary/aromatic N) is 1. The molecule has 86 valence electrons. The highest BCUT2D eigenvalue weighted by molar-refractivity contribution is 5.86. The molecule has 0 saturated carbocycles. The maximum Gasteiger partial charge on any atom is 0.230 e. The number of amides is 1. The van der Waals surface area contributed by atoms with Gasteiger partial charge in [0.2, 0.25) is 5.91 Å². The maximum atomic E-state index is 12.0. The van der Waals surface area contributed by atoms with Crippen LogP contribution in [0.25, 0.3) is 0 Å². The van der Waals surface area contributed by atoms with Crippen LogP contribution in [-0.2, 0) is 11.2 Å². The standard InChI is InChI=1S/C13H16FNO/c1-15(8-4-7-14)13(16)12-9-10-5-2-3-6-11(10)12/h2-3,5-6,12H,4,7-9H2,1H3. The summed E-state index contributed by atoms with van der Waals surface area (Å²) in [6.07, 6.45) is 1.26. The lowest BCUT2D eigenvalue weighted by molar-refractivity contribution is -0.132. The van der Waals surface area contributed by atoms with E-state index in [1.165, 1.54) is 5.56 Å². The second-order valence-electron chi connectivity index (χ2n) is 4.26. The highest BCUT2D eigenvalue weighted by atomic mass is 19.1. The van der Waals surface area contributed by atoms with Crippen molar-refractivity contribution in [1.82, 2.24) is 4.90 Å². The molecule has 2 rings (SSSR count). The monoisotopic (exact) mass is 221 g/mol. The quantitative estimate of drug-likeness (QED) is 0.762. The Labute approximate surface area is 95.1 Å². The first-order valence-electron chi connectivity index (χ1n) is 5.62. The lowest BCUT2D eigenvalue weighted by Crippen LogP contribution is -2.37. The van der Waals surface area contributed by atoms with Gasteiger partial charge in [-0.1, -0.05) is 24.3 Å². The molecule has 1 amide bonds. The molecule has 2 nitrogen and oxygen atoms in total. The number of likely N-dealkylation sites (N-methyl/N-ethyl adjacent to an activating group) is 1. The molecule has 0 saturated heterocycles. The Morgan fingerprint density at radius 2 is 2.25 bits per heavy atom. The van der Waals surface area contributed by atoms with Gasteiger partial charge in [-0.25, -0.2) is 0 Å². The van der Waals surface area contributed by atoms with Crippen molar-refractivity contribution in [2.24, 2.45) is 0 Å². The smallest absolute Gasteiger partial charge is 0.230 e. The molecule has 1 atom stereocenters. The molecular weight excluding hydrogens is 205 g/mol. The Bertz CT molecular complexity index is 391. The normalized spacial score (nSPS) is 17.5. The zero-order valence-electron chi connectivity index (χ0n) is 9.45. The molecule has 1 aliphatic rings. The summed E-state index contributed by atoms with van der Waals surface area (Å²) in [5.74, 6) is 0.118. The second kappa shape index (κ2) is 4.64. The first kappa shape index (κ1) is 11.1. The average Bonchev–Trinajstić information content (AvgIpc) is 2.27. The third-order valence-corrected chi connectivity index (χ3v) is 3.16. The van der Waals surface area contributed by atoms with E-state index in [9.17, 15) is 9.18 Å². The van der Waals surface area contributed by atoms with Crippen molar-refractivity contribution in [3.63, 3.8) is 0 Å². The van der Waals surface area contributed by atoms with Gasteiger partial charge in [0.1, 0.15) is 0 Å². The van der Waals surface area contributed by atoms with Crippen molar-refractivity contribution in [1.29, 1.82) is 0 Å². The summed E-state index contributed by atoms with van der Waals surface area (Å²) in [5.41, 5.74) is 2.40. The highest BCUT2D eigenvalue weighted by Crippen LogP contribution is 2.35. The summed E-state index contributed by atoms with van der Waals surface area (Å²) in [7, 11) is 1.75. The Hall–Kier alpha value is -1.38. The average molecular weight is 221 g/mol. The van der Waals surface area contributed by atoms with Gasteiger partial charge >= 0.3 is 0 Å². The van der Waals surface area contributed by atoms with Gasteiger partial charge < -0.3 is 4.90 Å². The third kappa shape index (κ3) is 1.94. The number of benzene rings is 1. The molecule has 0 aliphatic heterocycles. The Morgan fingerprint density at radius 3 is 2.94 bits per heavy atom. The molecule has 1 aliphatic carbocycles. The van der Waals surface area contributed by atoms with E-state index in [4.69, 9.17) is 0 Å². The van der Waals surface area contributed by atoms with Gasteiger partial charge in [0.05, 0.1) is 12.6 Å². The molecule has 0 N–H and O–H groups in total. The summed E-state index contributed by atoms with van der Waals surface area (Å²) < 4.78 is 12.0. The van der Waals surface area contributed by atoms with Gasteiger partial charge in [-0.15, -0.1) is 0 Å². The molecule has 0 spiro atoms. The molecule has 0 radical (unpaired) electrons. The molecule has 0 fully saturated rings. The fourth-order valence-corrected chi connectivity index (χ4v) is 2.15. The number of carbonyl (C=O) groups excluding carboxylic acids is 1. The molecule has 0 heterocycles. The van der Waals surface area contributed by atoms with E-state index in [0.717, 1.165) is 12.0 Å². The van der Waals surface area contributed by atoms with Crippen LogP contribution >= 0.6 is 0 Å². The Balaban J connectivity index is 1.98. The lowest BCUT2D eigenvalue weighted by atomic mass is 9.77. The number of fused-ring (bicyclic) bond motifs is 1. The van der Waals surface area contributed by atoms with Crippen LogP contribution in [0.4, 0.5) is 4.39 Å². The van der Waals surface area contributed by atoms with E-state index in [0.29, 0.717) is 13.0 Å². The zero-order valence-corrected chi connectivity index (χ0v) is 9.45. The summed E-state index contributed by atoms with van der Waals surface area (Å²) in [6, 6.07) is 8.01. The van der Waals surface area contributed by atoms with Crippen LogP contribution in [0, 0.1) is 0 Å². The van der Waals surface area contributed by atoms with Crippen molar-refractivity contribution in [3.05, 3.63) is 35.4 Å². The maximum absolute atomic E-state index is 12.0. The molecule has 1 unspecified atom stereocenters. The van der Waals surface area contributed by atoms with Crippen LogP contribution < -0.4 is 0 Å². The zero-order chi connectivity index (χ0) is 11.5. The first-order valence-corrected chi connectivity index (χ1v) is 5.62. The number of hydrogen-bond acceptors (Lipinski definition) is 1. The summed E-state index contributed by atoms with van der Waals surface area (Å²) in [6.45, 7) is 0.146. The van der Waals surface area contributed by atoms with Gasteiger partial charge in [-0.3, -0.25) is 9.18 Å². The van der Waals surface area contributed by atoms with Crippen LogP contribution in [0.15, 0.2) is 24.3 Å². The minimum absolute atomic E-state index is 0.000751. The minimum Gasteiger partial charge on any atom is -0.345 e. The highest BCUT2D eigenvalue weighted by Gasteiger charge is 2.33. The fourth-order valence-electron chi connectivity index (χ4n) is 2.15. The number of rotatable bonds is 4. The predicted octanol–water partition coefficient (Wildman–Crippen LogP) is 2.14. The van der Waals surface area contributed by atoms with E-state index in [1.54, 1.807) is 11.9 Å². The van der Waals surface area contributed by atoms with Crippen molar-refractivity contribution in [2.75, 3.05) is 20.3 Å². The SMILES string of the molecule is CN(CCCF)C(=O)C1Cc2ccccc21. The molecule has 16 heavy (non-hydrogen) atoms. The number of carbonyl (C=O) groups is 1. The third-order valence-electron chi connectivity index (χ3n) is 3.16. The van der Waals surface area contributed by atoms with E-state index in [2.05, 4.69) is 6.07 Å². The van der Waals surface area contributed by atoms with Crippen molar-refractivity contribution < 1.29 is 9.18 Å². The van der Waals surface area contributed by atoms with Crippen LogP contribution in [-0.4, -0.2) is 31.1 Å². The van der Waals surface area contributed by atoms with Gasteiger partial charge in [0.15, 0.2) is 0 Å². The van der Waals surface area contributed by atoms with Crippen molar-refractivity contribution in [2.45, 2.75) is 18.8 Å². The predicted molar refractivity (Wildman–Crippen MR) is 61.1 cm³/mol. The van der Waals surface area contributed by atoms with Crippen LogP contribution in [0.3, 0.4) is 0 Å². The Morgan fingerprint density at radius 1 is 1.50 bits per heavy atom.